The molecule has 0 heterocycles. The van der Waals surface area contributed by atoms with Crippen molar-refractivity contribution in [2.75, 3.05) is 6.61 Å². The van der Waals surface area contributed by atoms with Gasteiger partial charge in [-0.3, -0.25) is 0 Å². The van der Waals surface area contributed by atoms with Crippen LogP contribution in [-0.4, -0.2) is 24.4 Å². The van der Waals surface area contributed by atoms with Crippen LogP contribution in [0.2, 0.25) is 5.02 Å². The maximum Gasteiger partial charge on any atom is 0.333 e. The van der Waals surface area contributed by atoms with E-state index in [2.05, 4.69) is 5.16 Å². The lowest BCUT2D eigenvalue weighted by Crippen LogP contribution is -2.15. The minimum atomic E-state index is -0.459. The minimum absolute atomic E-state index is 0.0924. The van der Waals surface area contributed by atoms with Crippen molar-refractivity contribution < 1.29 is 23.5 Å². The zero-order valence-electron chi connectivity index (χ0n) is 19.1. The summed E-state index contributed by atoms with van der Waals surface area (Å²) >= 11 is 5.98. The normalized spacial score (nSPS) is 18.8. The Kier molecular flexibility index (Phi) is 8.89. The van der Waals surface area contributed by atoms with Gasteiger partial charge in [0, 0.05) is 16.5 Å². The Labute approximate surface area is 199 Å². The summed E-state index contributed by atoms with van der Waals surface area (Å²) in [5.41, 5.74) is 2.85. The number of carbonyl (C=O) groups excluding carboxylic acids is 1. The monoisotopic (exact) mass is 473 g/mol. The number of hydrogen-bond acceptors (Lipinski definition) is 5. The molecule has 0 spiro atoms. The Hall–Kier alpha value is -2.86. The van der Waals surface area contributed by atoms with Gasteiger partial charge in [-0.1, -0.05) is 35.0 Å². The summed E-state index contributed by atoms with van der Waals surface area (Å²) in [5.74, 6) is -0.437. The highest BCUT2D eigenvalue weighted by Crippen LogP contribution is 2.32. The van der Waals surface area contributed by atoms with Gasteiger partial charge >= 0.3 is 5.97 Å². The van der Waals surface area contributed by atoms with E-state index in [0.29, 0.717) is 29.4 Å². The van der Waals surface area contributed by atoms with E-state index >= 15 is 0 Å². The fourth-order valence-electron chi connectivity index (χ4n) is 3.77. The maximum atomic E-state index is 14.6. The summed E-state index contributed by atoms with van der Waals surface area (Å²) in [6.45, 7) is 5.98. The smallest absolute Gasteiger partial charge is 0.333 e. The van der Waals surface area contributed by atoms with Crippen LogP contribution in [0.5, 0.6) is 5.75 Å². The molecule has 0 unspecified atom stereocenters. The van der Waals surface area contributed by atoms with Crippen LogP contribution in [0.3, 0.4) is 0 Å². The van der Waals surface area contributed by atoms with Crippen molar-refractivity contribution >= 4 is 29.4 Å². The number of carbonyl (C=O) groups is 1. The van der Waals surface area contributed by atoms with Crippen LogP contribution < -0.4 is 4.74 Å². The van der Waals surface area contributed by atoms with Crippen LogP contribution >= 0.6 is 11.6 Å². The third kappa shape index (κ3) is 7.32. The molecular formula is C26H29ClFNO4. The predicted molar refractivity (Wildman–Crippen MR) is 128 cm³/mol. The standard InChI is InChI=1S/C26H29ClFNO4/c1-4-31-26(30)17(2)12-19-8-11-25(24(28)14-19)33-23-10-9-21(15-23)18(3)29-32-16-20-6-5-7-22(27)13-20/h5-8,11-14,21,23H,4,9-10,15-16H2,1-3H3/b17-12+,29-18+/t21-,23+/m1/s1. The van der Waals surface area contributed by atoms with Gasteiger partial charge in [0.05, 0.1) is 18.4 Å². The molecule has 2 aromatic carbocycles. The number of ether oxygens (including phenoxy) is 2. The third-order valence-electron chi connectivity index (χ3n) is 5.53. The molecule has 1 aliphatic carbocycles. The van der Waals surface area contributed by atoms with Gasteiger partial charge in [0.15, 0.2) is 11.6 Å². The van der Waals surface area contributed by atoms with Crippen molar-refractivity contribution in [2.24, 2.45) is 11.1 Å². The SMILES string of the molecule is CCOC(=O)/C(C)=C/c1ccc(O[C@H]2CC[C@@H](/C(C)=N/OCc3cccc(Cl)c3)C2)c(F)c1. The largest absolute Gasteiger partial charge is 0.487 e. The summed E-state index contributed by atoms with van der Waals surface area (Å²) in [6, 6.07) is 12.2. The fourth-order valence-corrected chi connectivity index (χ4v) is 3.99. The first kappa shape index (κ1) is 24.8. The lowest BCUT2D eigenvalue weighted by molar-refractivity contribution is -0.138. The van der Waals surface area contributed by atoms with Crippen LogP contribution in [0.1, 0.15) is 51.2 Å². The predicted octanol–water partition coefficient (Wildman–Crippen LogP) is 6.59. The molecule has 1 aliphatic rings. The zero-order valence-corrected chi connectivity index (χ0v) is 19.9. The molecule has 1 fully saturated rings. The number of esters is 1. The maximum absolute atomic E-state index is 14.6. The van der Waals surface area contributed by atoms with Gasteiger partial charge in [0.25, 0.3) is 0 Å². The van der Waals surface area contributed by atoms with Crippen LogP contribution in [-0.2, 0) is 21.0 Å². The van der Waals surface area contributed by atoms with E-state index in [4.69, 9.17) is 25.9 Å². The molecule has 2 aromatic rings. The Morgan fingerprint density at radius 1 is 1.21 bits per heavy atom. The van der Waals surface area contributed by atoms with Gasteiger partial charge in [-0.15, -0.1) is 0 Å². The second-order valence-corrected chi connectivity index (χ2v) is 8.56. The van der Waals surface area contributed by atoms with E-state index in [1.54, 1.807) is 32.1 Å². The van der Waals surface area contributed by atoms with E-state index in [-0.39, 0.29) is 17.8 Å². The average Bonchev–Trinajstić information content (AvgIpc) is 3.24. The lowest BCUT2D eigenvalue weighted by atomic mass is 10.0. The van der Waals surface area contributed by atoms with Crippen LogP contribution in [0, 0.1) is 11.7 Å². The topological polar surface area (TPSA) is 57.1 Å². The molecule has 5 nitrogen and oxygen atoms in total. The third-order valence-corrected chi connectivity index (χ3v) is 5.77. The van der Waals surface area contributed by atoms with Gasteiger partial charge in [-0.05, 0) is 81.5 Å². The van der Waals surface area contributed by atoms with Crippen molar-refractivity contribution in [1.29, 1.82) is 0 Å². The highest BCUT2D eigenvalue weighted by Gasteiger charge is 2.29. The van der Waals surface area contributed by atoms with Gasteiger partial charge in [-0.25, -0.2) is 9.18 Å². The number of benzene rings is 2. The van der Waals surface area contributed by atoms with E-state index in [1.165, 1.54) is 6.07 Å². The Balaban J connectivity index is 1.53. The minimum Gasteiger partial charge on any atom is -0.487 e. The number of oxime groups is 1. The molecule has 1 saturated carbocycles. The highest BCUT2D eigenvalue weighted by molar-refractivity contribution is 6.30. The lowest BCUT2D eigenvalue weighted by Gasteiger charge is -2.15. The number of hydrogen-bond donors (Lipinski definition) is 0. The molecule has 7 heteroatoms. The number of nitrogens with zero attached hydrogens (tertiary/aromatic N) is 1. The first-order valence-corrected chi connectivity index (χ1v) is 11.5. The van der Waals surface area contributed by atoms with Crippen LogP contribution in [0.4, 0.5) is 4.39 Å². The van der Waals surface area contributed by atoms with Crippen LogP contribution in [0.15, 0.2) is 53.2 Å². The van der Waals surface area contributed by atoms with Gasteiger partial charge in [0.2, 0.25) is 0 Å². The first-order chi connectivity index (χ1) is 15.9. The molecule has 33 heavy (non-hydrogen) atoms. The van der Waals surface area contributed by atoms with E-state index in [1.807, 2.05) is 31.2 Å². The zero-order chi connectivity index (χ0) is 23.8. The van der Waals surface area contributed by atoms with Crippen molar-refractivity contribution in [3.8, 4) is 5.75 Å². The average molecular weight is 474 g/mol. The van der Waals surface area contributed by atoms with Gasteiger partial charge in [0.1, 0.15) is 6.61 Å². The molecule has 0 amide bonds. The second-order valence-electron chi connectivity index (χ2n) is 8.12. The Morgan fingerprint density at radius 3 is 2.76 bits per heavy atom. The Bertz CT molecular complexity index is 1040. The second kappa shape index (κ2) is 11.8. The van der Waals surface area contributed by atoms with Gasteiger partial charge in [-0.2, -0.15) is 0 Å². The first-order valence-electron chi connectivity index (χ1n) is 11.1. The number of halogens is 2. The van der Waals surface area contributed by atoms with E-state index in [9.17, 15) is 9.18 Å². The summed E-state index contributed by atoms with van der Waals surface area (Å²) < 4.78 is 25.5. The summed E-state index contributed by atoms with van der Waals surface area (Å²) in [7, 11) is 0. The van der Waals surface area contributed by atoms with E-state index in [0.717, 1.165) is 30.5 Å². The van der Waals surface area contributed by atoms with Gasteiger partial charge < -0.3 is 14.3 Å². The van der Waals surface area contributed by atoms with Crippen molar-refractivity contribution in [3.63, 3.8) is 0 Å². The molecule has 0 N–H and O–H groups in total. The quantitative estimate of drug-likeness (QED) is 0.178. The van der Waals surface area contributed by atoms with Crippen molar-refractivity contribution in [1.82, 2.24) is 0 Å². The molecule has 0 radical (unpaired) electrons. The molecule has 0 aliphatic heterocycles. The summed E-state index contributed by atoms with van der Waals surface area (Å²) in [4.78, 5) is 17.2. The summed E-state index contributed by atoms with van der Waals surface area (Å²) in [5, 5.41) is 4.92. The van der Waals surface area contributed by atoms with Crippen molar-refractivity contribution in [3.05, 3.63) is 70.0 Å². The highest BCUT2D eigenvalue weighted by atomic mass is 35.5. The van der Waals surface area contributed by atoms with E-state index < -0.39 is 11.8 Å². The molecule has 0 bridgehead atoms. The molecule has 176 valence electrons. The molecule has 3 rings (SSSR count). The molecule has 2 atom stereocenters. The fraction of sp³-hybridized carbons (Fsp3) is 0.385. The number of rotatable bonds is 9. The molecular weight excluding hydrogens is 445 g/mol. The summed E-state index contributed by atoms with van der Waals surface area (Å²) in [6.07, 6.45) is 3.97. The molecule has 0 saturated heterocycles. The van der Waals surface area contributed by atoms with Crippen molar-refractivity contribution in [2.45, 2.75) is 52.7 Å². The Morgan fingerprint density at radius 2 is 2.03 bits per heavy atom. The van der Waals surface area contributed by atoms with Crippen LogP contribution in [0.25, 0.3) is 6.08 Å². The molecule has 0 aromatic heterocycles.